The van der Waals surface area contributed by atoms with Gasteiger partial charge >= 0.3 is 18.1 Å². The van der Waals surface area contributed by atoms with E-state index in [0.29, 0.717) is 25.9 Å². The lowest BCUT2D eigenvalue weighted by Crippen LogP contribution is -2.38. The van der Waals surface area contributed by atoms with Crippen LogP contribution >= 0.6 is 0 Å². The summed E-state index contributed by atoms with van der Waals surface area (Å²) in [6.45, 7) is 1.28. The third-order valence-corrected chi connectivity index (χ3v) is 3.40. The number of carbonyl (C=O) groups is 2. The normalized spacial score (nSPS) is 16.0. The van der Waals surface area contributed by atoms with Crippen LogP contribution in [0.3, 0.4) is 0 Å². The van der Waals surface area contributed by atoms with Gasteiger partial charge in [-0.2, -0.15) is 22.0 Å². The summed E-state index contributed by atoms with van der Waals surface area (Å²) in [4.78, 5) is 20.7. The van der Waals surface area contributed by atoms with Crippen LogP contribution in [-0.4, -0.2) is 36.1 Å². The molecular weight excluding hydrogens is 337 g/mol. The van der Waals surface area contributed by atoms with Crippen molar-refractivity contribution in [2.45, 2.75) is 24.9 Å². The Labute approximate surface area is 134 Å². The summed E-state index contributed by atoms with van der Waals surface area (Å²) in [6.07, 6.45) is -4.08. The molecule has 0 saturated carbocycles. The molecule has 0 bridgehead atoms. The van der Waals surface area contributed by atoms with Gasteiger partial charge in [-0.25, -0.2) is 4.79 Å². The monoisotopic (exact) mass is 353 g/mol. The topological polar surface area (TPSA) is 66.4 Å². The van der Waals surface area contributed by atoms with Gasteiger partial charge in [0.25, 0.3) is 0 Å². The molecule has 0 spiro atoms. The van der Waals surface area contributed by atoms with Crippen LogP contribution in [0.2, 0.25) is 0 Å². The number of ketones is 1. The summed E-state index contributed by atoms with van der Waals surface area (Å²) in [5.41, 5.74) is -0.205. The first kappa shape index (κ1) is 20.0. The van der Waals surface area contributed by atoms with Gasteiger partial charge in [0.05, 0.1) is 0 Å². The van der Waals surface area contributed by atoms with Gasteiger partial charge in [-0.3, -0.25) is 4.79 Å². The molecule has 9 heteroatoms. The first-order valence-electron chi connectivity index (χ1n) is 7.05. The quantitative estimate of drug-likeness (QED) is 0.820. The maximum Gasteiger partial charge on any atom is 0.490 e. The molecule has 1 aromatic rings. The zero-order chi connectivity index (χ0) is 18.4. The lowest BCUT2D eigenvalue weighted by atomic mass is 9.88. The van der Waals surface area contributed by atoms with E-state index in [1.54, 1.807) is 6.07 Å². The molecule has 1 saturated heterocycles. The number of halogens is 5. The number of hydrogen-bond donors (Lipinski definition) is 2. The molecule has 0 atom stereocenters. The van der Waals surface area contributed by atoms with Gasteiger partial charge in [-0.05, 0) is 25.9 Å². The minimum atomic E-state index is -5.08. The Hall–Kier alpha value is -2.03. The Kier molecular flexibility index (Phi) is 6.82. The Bertz CT molecular complexity index is 554. The second-order valence-electron chi connectivity index (χ2n) is 5.13. The minimum absolute atomic E-state index is 0.205. The smallest absolute Gasteiger partial charge is 0.475 e. The van der Waals surface area contributed by atoms with Gasteiger partial charge in [0.15, 0.2) is 0 Å². The maximum absolute atomic E-state index is 14.0. The first-order valence-corrected chi connectivity index (χ1v) is 7.05. The molecule has 0 unspecified atom stereocenters. The molecule has 0 amide bonds. The molecule has 24 heavy (non-hydrogen) atoms. The molecule has 134 valence electrons. The lowest BCUT2D eigenvalue weighted by Gasteiger charge is -2.25. The largest absolute Gasteiger partial charge is 0.490 e. The van der Waals surface area contributed by atoms with Crippen LogP contribution in [0.5, 0.6) is 0 Å². The standard InChI is InChI=1S/C13H15F2NO.C2HF3O2/c14-13(15,11-4-2-1-3-5-11)12(17)10-6-8-16-9-7-10;3-2(4,5)1(6)7/h1-5,10,16H,6-9H2;(H,6,7). The zero-order valence-corrected chi connectivity index (χ0v) is 12.4. The molecule has 0 aromatic heterocycles. The van der Waals surface area contributed by atoms with Crippen LogP contribution in [-0.2, 0) is 15.5 Å². The van der Waals surface area contributed by atoms with Crippen LogP contribution in [0.25, 0.3) is 0 Å². The molecule has 2 rings (SSSR count). The minimum Gasteiger partial charge on any atom is -0.475 e. The van der Waals surface area contributed by atoms with E-state index in [2.05, 4.69) is 5.32 Å². The number of carboxylic acid groups (broad SMARTS) is 1. The number of Topliss-reactive ketones (excluding diaryl/α,β-unsaturated/α-hetero) is 1. The van der Waals surface area contributed by atoms with E-state index in [1.807, 2.05) is 0 Å². The molecule has 0 radical (unpaired) electrons. The molecule has 1 aliphatic rings. The van der Waals surface area contributed by atoms with E-state index in [0.717, 1.165) is 0 Å². The van der Waals surface area contributed by atoms with E-state index in [1.165, 1.54) is 24.3 Å². The van der Waals surface area contributed by atoms with Crippen LogP contribution in [0.15, 0.2) is 30.3 Å². The van der Waals surface area contributed by atoms with Crippen molar-refractivity contribution in [2.24, 2.45) is 5.92 Å². The fourth-order valence-electron chi connectivity index (χ4n) is 2.13. The van der Waals surface area contributed by atoms with Crippen LogP contribution in [0.1, 0.15) is 18.4 Å². The van der Waals surface area contributed by atoms with Gasteiger partial charge < -0.3 is 10.4 Å². The van der Waals surface area contributed by atoms with Crippen molar-refractivity contribution >= 4 is 11.8 Å². The zero-order valence-electron chi connectivity index (χ0n) is 12.4. The molecule has 1 heterocycles. The number of hydrogen-bond acceptors (Lipinski definition) is 3. The molecule has 2 N–H and O–H groups in total. The van der Waals surface area contributed by atoms with Crippen molar-refractivity contribution < 1.29 is 36.6 Å². The van der Waals surface area contributed by atoms with Gasteiger partial charge in [0, 0.05) is 11.5 Å². The molecule has 1 fully saturated rings. The SMILES string of the molecule is O=C(C1CCNCC1)C(F)(F)c1ccccc1.O=C(O)C(F)(F)F. The van der Waals surface area contributed by atoms with Crippen LogP contribution in [0.4, 0.5) is 22.0 Å². The van der Waals surface area contributed by atoms with Crippen molar-refractivity contribution in [1.29, 1.82) is 0 Å². The highest BCUT2D eigenvalue weighted by Gasteiger charge is 2.44. The van der Waals surface area contributed by atoms with E-state index >= 15 is 0 Å². The second-order valence-corrected chi connectivity index (χ2v) is 5.13. The van der Waals surface area contributed by atoms with E-state index in [4.69, 9.17) is 9.90 Å². The molecule has 1 aromatic carbocycles. The summed E-state index contributed by atoms with van der Waals surface area (Å²) in [5, 5.41) is 10.2. The second kappa shape index (κ2) is 8.18. The summed E-state index contributed by atoms with van der Waals surface area (Å²) < 4.78 is 59.7. The number of carbonyl (C=O) groups excluding carboxylic acids is 1. The average Bonchev–Trinajstić information content (AvgIpc) is 2.55. The molecular formula is C15H16F5NO3. The van der Waals surface area contributed by atoms with Crippen LogP contribution in [0, 0.1) is 5.92 Å². The highest BCUT2D eigenvalue weighted by Crippen LogP contribution is 2.33. The van der Waals surface area contributed by atoms with Crippen LogP contribution < -0.4 is 5.32 Å². The predicted molar refractivity (Wildman–Crippen MR) is 74.6 cm³/mol. The van der Waals surface area contributed by atoms with Crippen molar-refractivity contribution in [3.63, 3.8) is 0 Å². The summed E-state index contributed by atoms with van der Waals surface area (Å²) in [6, 6.07) is 7.32. The number of nitrogens with one attached hydrogen (secondary N) is 1. The number of alkyl halides is 5. The van der Waals surface area contributed by atoms with Crippen molar-refractivity contribution in [2.75, 3.05) is 13.1 Å². The Morgan fingerprint density at radius 2 is 1.46 bits per heavy atom. The number of carboxylic acids is 1. The fourth-order valence-corrected chi connectivity index (χ4v) is 2.13. The lowest BCUT2D eigenvalue weighted by molar-refractivity contribution is -0.192. The van der Waals surface area contributed by atoms with Gasteiger partial charge in [-0.15, -0.1) is 0 Å². The van der Waals surface area contributed by atoms with Crippen molar-refractivity contribution in [3.05, 3.63) is 35.9 Å². The summed E-state index contributed by atoms with van der Waals surface area (Å²) in [5.74, 6) is -7.58. The highest BCUT2D eigenvalue weighted by atomic mass is 19.4. The van der Waals surface area contributed by atoms with Gasteiger partial charge in [0.1, 0.15) is 0 Å². The van der Waals surface area contributed by atoms with Crippen molar-refractivity contribution in [3.8, 4) is 0 Å². The van der Waals surface area contributed by atoms with Gasteiger partial charge in [0.2, 0.25) is 5.78 Å². The summed E-state index contributed by atoms with van der Waals surface area (Å²) in [7, 11) is 0. The third kappa shape index (κ3) is 5.55. The van der Waals surface area contributed by atoms with E-state index in [-0.39, 0.29) is 5.56 Å². The number of aliphatic carboxylic acids is 1. The first-order chi connectivity index (χ1) is 11.1. The molecule has 0 aliphatic carbocycles. The average molecular weight is 353 g/mol. The Morgan fingerprint density at radius 3 is 1.88 bits per heavy atom. The predicted octanol–water partition coefficient (Wildman–Crippen LogP) is 2.98. The summed E-state index contributed by atoms with van der Waals surface area (Å²) >= 11 is 0. The molecule has 1 aliphatic heterocycles. The van der Waals surface area contributed by atoms with E-state index < -0.39 is 29.8 Å². The molecule has 4 nitrogen and oxygen atoms in total. The Morgan fingerprint density at radius 1 is 1.00 bits per heavy atom. The fraction of sp³-hybridized carbons (Fsp3) is 0.467. The van der Waals surface area contributed by atoms with E-state index in [9.17, 15) is 26.7 Å². The van der Waals surface area contributed by atoms with Gasteiger partial charge in [-0.1, -0.05) is 30.3 Å². The number of benzene rings is 1. The number of piperidine rings is 1. The highest BCUT2D eigenvalue weighted by molar-refractivity contribution is 5.89. The Balaban J connectivity index is 0.000000351. The maximum atomic E-state index is 14.0. The third-order valence-electron chi connectivity index (χ3n) is 3.40. The number of rotatable bonds is 3. The van der Waals surface area contributed by atoms with Crippen molar-refractivity contribution in [1.82, 2.24) is 5.32 Å².